The van der Waals surface area contributed by atoms with Crippen LogP contribution in [-0.4, -0.2) is 29.8 Å². The average Bonchev–Trinajstić information content (AvgIpc) is 3.00. The minimum Gasteiger partial charge on any atom is -0.396 e. The molecule has 1 aliphatic rings. The van der Waals surface area contributed by atoms with Gasteiger partial charge in [0.2, 0.25) is 0 Å². The first kappa shape index (κ1) is 13.7. The van der Waals surface area contributed by atoms with Gasteiger partial charge in [0.1, 0.15) is 11.9 Å². The number of nitrogens with one attached hydrogen (secondary N) is 1. The van der Waals surface area contributed by atoms with Gasteiger partial charge in [-0.25, -0.2) is 0 Å². The van der Waals surface area contributed by atoms with Gasteiger partial charge in [-0.05, 0) is 30.4 Å². The van der Waals surface area contributed by atoms with Crippen molar-refractivity contribution in [1.29, 1.82) is 5.26 Å². The molecule has 1 atom stereocenters. The monoisotopic (exact) mass is 281 g/mol. The van der Waals surface area contributed by atoms with Crippen molar-refractivity contribution in [2.24, 2.45) is 5.92 Å². The SMILES string of the molecule is N#Cc1cc(-c2ccccc2)[nH]c1N1CCCC(CO)C1. The lowest BCUT2D eigenvalue weighted by molar-refractivity contribution is 0.208. The molecule has 2 heterocycles. The molecule has 1 aromatic carbocycles. The van der Waals surface area contributed by atoms with Crippen LogP contribution in [0.5, 0.6) is 0 Å². The van der Waals surface area contributed by atoms with Crippen molar-refractivity contribution in [2.45, 2.75) is 12.8 Å². The summed E-state index contributed by atoms with van der Waals surface area (Å²) in [6.07, 6.45) is 2.11. The fourth-order valence-electron chi connectivity index (χ4n) is 2.97. The standard InChI is InChI=1S/C17H19N3O/c18-10-15-9-16(14-6-2-1-3-7-14)19-17(15)20-8-4-5-13(11-20)12-21/h1-3,6-7,9,13,19,21H,4-5,8,11-12H2. The van der Waals surface area contributed by atoms with Gasteiger partial charge in [0.25, 0.3) is 0 Å². The van der Waals surface area contributed by atoms with Crippen molar-refractivity contribution in [1.82, 2.24) is 4.98 Å². The first-order chi connectivity index (χ1) is 10.3. The quantitative estimate of drug-likeness (QED) is 0.909. The Labute approximate surface area is 124 Å². The highest BCUT2D eigenvalue weighted by atomic mass is 16.3. The number of piperidine rings is 1. The van der Waals surface area contributed by atoms with Gasteiger partial charge in [0, 0.05) is 25.4 Å². The Kier molecular flexibility index (Phi) is 3.94. The zero-order valence-electron chi connectivity index (χ0n) is 11.9. The molecule has 1 aromatic heterocycles. The third-order valence-corrected chi connectivity index (χ3v) is 4.10. The molecule has 2 aromatic rings. The highest BCUT2D eigenvalue weighted by Gasteiger charge is 2.23. The number of H-pyrrole nitrogens is 1. The second-order valence-corrected chi connectivity index (χ2v) is 5.56. The lowest BCUT2D eigenvalue weighted by atomic mass is 9.99. The molecule has 21 heavy (non-hydrogen) atoms. The normalized spacial score (nSPS) is 18.5. The number of nitriles is 1. The van der Waals surface area contributed by atoms with Crippen LogP contribution >= 0.6 is 0 Å². The van der Waals surface area contributed by atoms with E-state index in [0.717, 1.165) is 43.0 Å². The van der Waals surface area contributed by atoms with E-state index in [4.69, 9.17) is 0 Å². The fourth-order valence-corrected chi connectivity index (χ4v) is 2.97. The van der Waals surface area contributed by atoms with Gasteiger partial charge >= 0.3 is 0 Å². The number of anilines is 1. The zero-order chi connectivity index (χ0) is 14.7. The summed E-state index contributed by atoms with van der Waals surface area (Å²) in [7, 11) is 0. The van der Waals surface area contributed by atoms with E-state index in [2.05, 4.69) is 16.0 Å². The minimum absolute atomic E-state index is 0.213. The van der Waals surface area contributed by atoms with Crippen LogP contribution in [-0.2, 0) is 0 Å². The Morgan fingerprint density at radius 3 is 2.86 bits per heavy atom. The van der Waals surface area contributed by atoms with E-state index in [0.29, 0.717) is 11.5 Å². The number of nitrogens with zero attached hydrogens (tertiary/aromatic N) is 2. The molecule has 4 nitrogen and oxygen atoms in total. The Bertz CT molecular complexity index is 642. The summed E-state index contributed by atoms with van der Waals surface area (Å²) in [6.45, 7) is 1.95. The number of hydrogen-bond donors (Lipinski definition) is 2. The molecule has 0 bridgehead atoms. The summed E-state index contributed by atoms with van der Waals surface area (Å²) in [4.78, 5) is 5.58. The van der Waals surface area contributed by atoms with Crippen LogP contribution < -0.4 is 4.90 Å². The summed E-state index contributed by atoms with van der Waals surface area (Å²) in [5.41, 5.74) is 2.72. The van der Waals surface area contributed by atoms with Crippen LogP contribution in [0.4, 0.5) is 5.82 Å². The van der Waals surface area contributed by atoms with Crippen LogP contribution in [0.15, 0.2) is 36.4 Å². The molecule has 0 amide bonds. The van der Waals surface area contributed by atoms with Crippen molar-refractivity contribution in [3.05, 3.63) is 42.0 Å². The summed E-state index contributed by atoms with van der Waals surface area (Å²) in [5, 5.41) is 18.7. The molecular weight excluding hydrogens is 262 g/mol. The van der Waals surface area contributed by atoms with E-state index < -0.39 is 0 Å². The largest absolute Gasteiger partial charge is 0.396 e. The topological polar surface area (TPSA) is 63.0 Å². The lowest BCUT2D eigenvalue weighted by Crippen LogP contribution is -2.37. The number of hydrogen-bond acceptors (Lipinski definition) is 3. The summed E-state index contributed by atoms with van der Waals surface area (Å²) in [5.74, 6) is 1.18. The Morgan fingerprint density at radius 2 is 2.14 bits per heavy atom. The maximum atomic E-state index is 9.39. The maximum Gasteiger partial charge on any atom is 0.124 e. The predicted molar refractivity (Wildman–Crippen MR) is 83.0 cm³/mol. The Hall–Kier alpha value is -2.25. The molecule has 0 saturated carbocycles. The molecule has 1 saturated heterocycles. The maximum absolute atomic E-state index is 9.39. The van der Waals surface area contributed by atoms with Crippen LogP contribution in [0.3, 0.4) is 0 Å². The van der Waals surface area contributed by atoms with E-state index in [9.17, 15) is 10.4 Å². The number of benzene rings is 1. The average molecular weight is 281 g/mol. The van der Waals surface area contributed by atoms with Crippen molar-refractivity contribution in [3.63, 3.8) is 0 Å². The van der Waals surface area contributed by atoms with E-state index in [1.54, 1.807) is 0 Å². The lowest BCUT2D eigenvalue weighted by Gasteiger charge is -2.32. The Balaban J connectivity index is 1.92. The van der Waals surface area contributed by atoms with E-state index in [1.165, 1.54) is 0 Å². The van der Waals surface area contributed by atoms with E-state index >= 15 is 0 Å². The van der Waals surface area contributed by atoms with Crippen molar-refractivity contribution in [3.8, 4) is 17.3 Å². The van der Waals surface area contributed by atoms with Gasteiger partial charge in [-0.1, -0.05) is 30.3 Å². The van der Waals surface area contributed by atoms with Gasteiger partial charge in [-0.15, -0.1) is 0 Å². The molecule has 108 valence electrons. The number of rotatable bonds is 3. The molecule has 0 spiro atoms. The molecule has 1 fully saturated rings. The second-order valence-electron chi connectivity index (χ2n) is 5.56. The van der Waals surface area contributed by atoms with Crippen molar-refractivity contribution < 1.29 is 5.11 Å². The second kappa shape index (κ2) is 6.02. The molecule has 0 aliphatic carbocycles. The molecule has 1 aliphatic heterocycles. The van der Waals surface area contributed by atoms with Crippen LogP contribution in [0.25, 0.3) is 11.3 Å². The number of aromatic amines is 1. The van der Waals surface area contributed by atoms with Gasteiger partial charge < -0.3 is 15.0 Å². The minimum atomic E-state index is 0.213. The van der Waals surface area contributed by atoms with Crippen LogP contribution in [0, 0.1) is 17.2 Å². The van der Waals surface area contributed by atoms with Crippen molar-refractivity contribution in [2.75, 3.05) is 24.6 Å². The molecule has 0 radical (unpaired) electrons. The summed E-state index contributed by atoms with van der Waals surface area (Å²) >= 11 is 0. The third kappa shape index (κ3) is 2.79. The summed E-state index contributed by atoms with van der Waals surface area (Å²) in [6, 6.07) is 14.2. The van der Waals surface area contributed by atoms with Crippen LogP contribution in [0.1, 0.15) is 18.4 Å². The summed E-state index contributed by atoms with van der Waals surface area (Å²) < 4.78 is 0. The van der Waals surface area contributed by atoms with Crippen LogP contribution in [0.2, 0.25) is 0 Å². The first-order valence-corrected chi connectivity index (χ1v) is 7.36. The fraction of sp³-hybridized carbons (Fsp3) is 0.353. The van der Waals surface area contributed by atoms with E-state index in [1.807, 2.05) is 36.4 Å². The zero-order valence-corrected chi connectivity index (χ0v) is 11.9. The van der Waals surface area contributed by atoms with Gasteiger partial charge in [0.05, 0.1) is 5.56 Å². The van der Waals surface area contributed by atoms with Gasteiger partial charge in [-0.3, -0.25) is 0 Å². The predicted octanol–water partition coefficient (Wildman–Crippen LogP) is 2.76. The van der Waals surface area contributed by atoms with Crippen molar-refractivity contribution >= 4 is 5.82 Å². The molecule has 3 rings (SSSR count). The molecule has 2 N–H and O–H groups in total. The molecular formula is C17H19N3O. The smallest absolute Gasteiger partial charge is 0.124 e. The molecule has 4 heteroatoms. The highest BCUT2D eigenvalue weighted by molar-refractivity contribution is 5.69. The number of aliphatic hydroxyl groups is 1. The van der Waals surface area contributed by atoms with E-state index in [-0.39, 0.29) is 6.61 Å². The Morgan fingerprint density at radius 1 is 1.33 bits per heavy atom. The highest BCUT2D eigenvalue weighted by Crippen LogP contribution is 2.29. The number of aromatic nitrogens is 1. The van der Waals surface area contributed by atoms with Gasteiger partial charge in [-0.2, -0.15) is 5.26 Å². The number of aliphatic hydroxyl groups excluding tert-OH is 1. The first-order valence-electron chi connectivity index (χ1n) is 7.36. The third-order valence-electron chi connectivity index (χ3n) is 4.10. The molecule has 1 unspecified atom stereocenters. The van der Waals surface area contributed by atoms with Gasteiger partial charge in [0.15, 0.2) is 0 Å².